The van der Waals surface area contributed by atoms with E-state index in [0.29, 0.717) is 13.3 Å². The molecule has 0 atom stereocenters. The van der Waals surface area contributed by atoms with Gasteiger partial charge in [-0.1, -0.05) is 0 Å². The molecule has 5 nitrogen and oxygen atoms in total. The van der Waals surface area contributed by atoms with E-state index in [9.17, 15) is 0 Å². The van der Waals surface area contributed by atoms with Crippen LogP contribution in [-0.4, -0.2) is 19.5 Å². The predicted octanol–water partition coefficient (Wildman–Crippen LogP) is 0.314. The van der Waals surface area contributed by atoms with E-state index in [-0.39, 0.29) is 0 Å². The van der Waals surface area contributed by atoms with E-state index in [2.05, 4.69) is 15.0 Å². The van der Waals surface area contributed by atoms with Gasteiger partial charge in [0, 0.05) is 0 Å². The van der Waals surface area contributed by atoms with E-state index in [0.717, 1.165) is 17.0 Å². The second-order valence-electron chi connectivity index (χ2n) is 2.67. The Balaban J connectivity index is 2.44. The van der Waals surface area contributed by atoms with Crippen LogP contribution >= 0.6 is 0 Å². The van der Waals surface area contributed by atoms with Gasteiger partial charge in [-0.15, -0.1) is 0 Å². The zero-order chi connectivity index (χ0) is 7.97. The largest absolute Gasteiger partial charge is 0.353 e. The molecular formula is C7H6N4O. The van der Waals surface area contributed by atoms with Crippen molar-refractivity contribution in [3.8, 4) is 0 Å². The van der Waals surface area contributed by atoms with Gasteiger partial charge in [-0.3, -0.25) is 4.57 Å². The van der Waals surface area contributed by atoms with Gasteiger partial charge in [-0.2, -0.15) is 0 Å². The van der Waals surface area contributed by atoms with Gasteiger partial charge in [-0.05, 0) is 0 Å². The highest BCUT2D eigenvalue weighted by molar-refractivity contribution is 5.70. The van der Waals surface area contributed by atoms with Crippen molar-refractivity contribution in [2.75, 3.05) is 0 Å². The zero-order valence-electron chi connectivity index (χ0n) is 6.27. The summed E-state index contributed by atoms with van der Waals surface area (Å²) in [5, 5.41) is 0. The molecule has 3 rings (SSSR count). The van der Waals surface area contributed by atoms with Crippen LogP contribution in [0.1, 0.15) is 5.82 Å². The summed E-state index contributed by atoms with van der Waals surface area (Å²) in [6.07, 6.45) is 3.26. The summed E-state index contributed by atoms with van der Waals surface area (Å²) in [5.41, 5.74) is 1.70. The van der Waals surface area contributed by atoms with Gasteiger partial charge in [0.15, 0.2) is 5.65 Å². The van der Waals surface area contributed by atoms with Crippen LogP contribution in [0.5, 0.6) is 0 Å². The second-order valence-corrected chi connectivity index (χ2v) is 2.67. The van der Waals surface area contributed by atoms with Gasteiger partial charge >= 0.3 is 0 Å². The highest BCUT2D eigenvalue weighted by Crippen LogP contribution is 2.17. The van der Waals surface area contributed by atoms with Crippen molar-refractivity contribution < 1.29 is 4.74 Å². The Labute approximate surface area is 68.0 Å². The third-order valence-corrected chi connectivity index (χ3v) is 1.96. The highest BCUT2D eigenvalue weighted by atomic mass is 16.5. The first-order valence-corrected chi connectivity index (χ1v) is 3.68. The maximum Gasteiger partial charge on any atom is 0.181 e. The van der Waals surface area contributed by atoms with Crippen LogP contribution in [0.25, 0.3) is 11.2 Å². The molecule has 2 aromatic rings. The van der Waals surface area contributed by atoms with Gasteiger partial charge in [0.25, 0.3) is 0 Å². The van der Waals surface area contributed by atoms with Crippen molar-refractivity contribution in [2.24, 2.45) is 0 Å². The standard InChI is InChI=1S/C7H6N4O/c1-5-7(9-3-8-1)10-6-2-12-4-11(5)6/h1,3H,2,4H2. The molecule has 0 spiro atoms. The molecule has 0 saturated carbocycles. The number of hydrogen-bond donors (Lipinski definition) is 0. The van der Waals surface area contributed by atoms with Crippen LogP contribution in [0.2, 0.25) is 0 Å². The molecule has 0 aromatic carbocycles. The fourth-order valence-electron chi connectivity index (χ4n) is 1.40. The lowest BCUT2D eigenvalue weighted by Gasteiger charge is -1.93. The first kappa shape index (κ1) is 6.07. The number of nitrogens with zero attached hydrogens (tertiary/aromatic N) is 4. The SMILES string of the molecule is c1ncc2c(n1)nc1n2COC1. The van der Waals surface area contributed by atoms with Crippen molar-refractivity contribution in [3.63, 3.8) is 0 Å². The molecule has 1 aliphatic rings. The lowest BCUT2D eigenvalue weighted by atomic mass is 10.5. The smallest absolute Gasteiger partial charge is 0.181 e. The molecule has 0 aliphatic carbocycles. The number of hydrogen-bond acceptors (Lipinski definition) is 4. The molecular weight excluding hydrogens is 156 g/mol. The van der Waals surface area contributed by atoms with Gasteiger partial charge < -0.3 is 4.74 Å². The summed E-state index contributed by atoms with van der Waals surface area (Å²) in [7, 11) is 0. The van der Waals surface area contributed by atoms with Crippen LogP contribution in [0.3, 0.4) is 0 Å². The van der Waals surface area contributed by atoms with E-state index in [1.807, 2.05) is 4.57 Å². The Hall–Kier alpha value is -1.49. The fraction of sp³-hybridized carbons (Fsp3) is 0.286. The number of imidazole rings is 1. The predicted molar refractivity (Wildman–Crippen MR) is 40.1 cm³/mol. The van der Waals surface area contributed by atoms with Crippen molar-refractivity contribution in [3.05, 3.63) is 18.3 Å². The molecule has 0 radical (unpaired) electrons. The molecule has 12 heavy (non-hydrogen) atoms. The van der Waals surface area contributed by atoms with Gasteiger partial charge in [-0.25, -0.2) is 15.0 Å². The third kappa shape index (κ3) is 0.634. The van der Waals surface area contributed by atoms with Crippen LogP contribution in [0, 0.1) is 0 Å². The average molecular weight is 162 g/mol. The van der Waals surface area contributed by atoms with Crippen molar-refractivity contribution in [2.45, 2.75) is 13.3 Å². The number of fused-ring (bicyclic) bond motifs is 3. The second kappa shape index (κ2) is 2.01. The molecule has 0 N–H and O–H groups in total. The topological polar surface area (TPSA) is 52.8 Å². The molecule has 0 bridgehead atoms. The van der Waals surface area contributed by atoms with Gasteiger partial charge in [0.1, 0.15) is 31.0 Å². The first-order chi connectivity index (χ1) is 5.95. The molecule has 60 valence electrons. The number of aromatic nitrogens is 4. The molecule has 0 unspecified atom stereocenters. The van der Waals surface area contributed by atoms with Crippen molar-refractivity contribution in [1.82, 2.24) is 19.5 Å². The molecule has 0 amide bonds. The minimum absolute atomic E-state index is 0.569. The molecule has 0 saturated heterocycles. The third-order valence-electron chi connectivity index (χ3n) is 1.96. The van der Waals surface area contributed by atoms with Crippen LogP contribution in [0.4, 0.5) is 0 Å². The molecule has 3 heterocycles. The van der Waals surface area contributed by atoms with Crippen LogP contribution in [-0.2, 0) is 18.1 Å². The Morgan fingerprint density at radius 1 is 1.50 bits per heavy atom. The summed E-state index contributed by atoms with van der Waals surface area (Å²) in [5.74, 6) is 0.936. The van der Waals surface area contributed by atoms with E-state index < -0.39 is 0 Å². The Morgan fingerprint density at radius 3 is 3.50 bits per heavy atom. The number of rotatable bonds is 0. The number of ether oxygens (including phenoxy) is 1. The molecule has 0 fully saturated rings. The highest BCUT2D eigenvalue weighted by Gasteiger charge is 2.16. The lowest BCUT2D eigenvalue weighted by molar-refractivity contribution is 0.109. The molecule has 2 aromatic heterocycles. The summed E-state index contributed by atoms with van der Waals surface area (Å²) in [4.78, 5) is 12.3. The monoisotopic (exact) mass is 162 g/mol. The summed E-state index contributed by atoms with van der Waals surface area (Å²) >= 11 is 0. The maximum atomic E-state index is 5.21. The van der Waals surface area contributed by atoms with Crippen LogP contribution in [0.15, 0.2) is 12.5 Å². The normalized spacial score (nSPS) is 15.3. The van der Waals surface area contributed by atoms with Crippen LogP contribution < -0.4 is 0 Å². The van der Waals surface area contributed by atoms with E-state index in [4.69, 9.17) is 4.74 Å². The average Bonchev–Trinajstić information content (AvgIpc) is 2.62. The van der Waals surface area contributed by atoms with Gasteiger partial charge in [0.2, 0.25) is 0 Å². The zero-order valence-corrected chi connectivity index (χ0v) is 6.27. The minimum Gasteiger partial charge on any atom is -0.353 e. The Bertz CT molecular complexity index is 436. The minimum atomic E-state index is 0.569. The summed E-state index contributed by atoms with van der Waals surface area (Å²) < 4.78 is 7.19. The fourth-order valence-corrected chi connectivity index (χ4v) is 1.40. The van der Waals surface area contributed by atoms with E-state index in [1.54, 1.807) is 6.20 Å². The Kier molecular flexibility index (Phi) is 1.02. The van der Waals surface area contributed by atoms with E-state index >= 15 is 0 Å². The first-order valence-electron chi connectivity index (χ1n) is 3.68. The quantitative estimate of drug-likeness (QED) is 0.559. The molecule has 5 heteroatoms. The van der Waals surface area contributed by atoms with Crippen molar-refractivity contribution in [1.29, 1.82) is 0 Å². The van der Waals surface area contributed by atoms with E-state index in [1.165, 1.54) is 6.33 Å². The summed E-state index contributed by atoms with van der Waals surface area (Å²) in [6.45, 7) is 1.15. The van der Waals surface area contributed by atoms with Gasteiger partial charge in [0.05, 0.1) is 6.20 Å². The molecule has 1 aliphatic heterocycles. The Morgan fingerprint density at radius 2 is 2.50 bits per heavy atom. The van der Waals surface area contributed by atoms with Crippen molar-refractivity contribution >= 4 is 11.2 Å². The maximum absolute atomic E-state index is 5.21. The lowest BCUT2D eigenvalue weighted by Crippen LogP contribution is -1.92. The summed E-state index contributed by atoms with van der Waals surface area (Å²) in [6, 6.07) is 0.